The van der Waals surface area contributed by atoms with Gasteiger partial charge in [-0.25, -0.2) is 9.78 Å². The molecule has 1 aliphatic rings. The first-order valence-corrected chi connectivity index (χ1v) is 10.5. The number of ether oxygens (including phenoxy) is 1. The second-order valence-corrected chi connectivity index (χ2v) is 8.87. The molecule has 31 heavy (non-hydrogen) atoms. The summed E-state index contributed by atoms with van der Waals surface area (Å²) in [6.45, 7) is 6.71. The van der Waals surface area contributed by atoms with E-state index in [9.17, 15) is 14.4 Å². The molecule has 0 atom stereocenters. The maximum Gasteiger partial charge on any atom is 0.342 e. The highest BCUT2D eigenvalue weighted by Crippen LogP contribution is 2.27. The lowest BCUT2D eigenvalue weighted by Gasteiger charge is -2.23. The molecule has 8 nitrogen and oxygen atoms in total. The molecule has 0 radical (unpaired) electrons. The zero-order valence-electron chi connectivity index (χ0n) is 18.6. The van der Waals surface area contributed by atoms with E-state index in [-0.39, 0.29) is 18.0 Å². The van der Waals surface area contributed by atoms with Gasteiger partial charge in [-0.05, 0) is 45.7 Å². The average molecular weight is 427 g/mol. The summed E-state index contributed by atoms with van der Waals surface area (Å²) in [6, 6.07) is 9.36. The lowest BCUT2D eigenvalue weighted by molar-refractivity contribution is -0.137. The molecule has 1 aromatic heterocycles. The van der Waals surface area contributed by atoms with Gasteiger partial charge >= 0.3 is 5.97 Å². The van der Waals surface area contributed by atoms with E-state index in [0.717, 1.165) is 36.8 Å². The van der Waals surface area contributed by atoms with Gasteiger partial charge in [0.15, 0.2) is 6.61 Å². The van der Waals surface area contributed by atoms with Crippen molar-refractivity contribution in [1.82, 2.24) is 15.2 Å². The van der Waals surface area contributed by atoms with E-state index in [1.165, 1.54) is 11.9 Å². The normalized spacial score (nSPS) is 13.9. The van der Waals surface area contributed by atoms with Crippen LogP contribution in [0.25, 0.3) is 10.9 Å². The average Bonchev–Trinajstić information content (AvgIpc) is 3.23. The Morgan fingerprint density at radius 2 is 1.84 bits per heavy atom. The summed E-state index contributed by atoms with van der Waals surface area (Å²) in [5.74, 6) is -0.730. The van der Waals surface area contributed by atoms with Crippen LogP contribution in [0, 0.1) is 0 Å². The smallest absolute Gasteiger partial charge is 0.342 e. The SMILES string of the molecule is CN(CC(=O)NC(C)(C)C)C(=O)COC(=O)c1cc2ccccc2nc1N1CCCC1. The first kappa shape index (κ1) is 22.5. The first-order chi connectivity index (χ1) is 14.6. The first-order valence-electron chi connectivity index (χ1n) is 10.5. The molecular formula is C23H30N4O4. The number of hydrogen-bond donors (Lipinski definition) is 1. The van der Waals surface area contributed by atoms with Crippen molar-refractivity contribution in [1.29, 1.82) is 0 Å². The Morgan fingerprint density at radius 3 is 2.52 bits per heavy atom. The van der Waals surface area contributed by atoms with Gasteiger partial charge in [-0.1, -0.05) is 18.2 Å². The molecule has 1 aliphatic heterocycles. The molecular weight excluding hydrogens is 396 g/mol. The summed E-state index contributed by atoms with van der Waals surface area (Å²) in [7, 11) is 1.51. The Kier molecular flexibility index (Phi) is 6.77. The minimum Gasteiger partial charge on any atom is -0.452 e. The van der Waals surface area contributed by atoms with Gasteiger partial charge in [0.25, 0.3) is 5.91 Å². The highest BCUT2D eigenvalue weighted by Gasteiger charge is 2.24. The van der Waals surface area contributed by atoms with Crippen molar-refractivity contribution >= 4 is 34.5 Å². The predicted molar refractivity (Wildman–Crippen MR) is 119 cm³/mol. The standard InChI is InChI=1S/C23H30N4O4/c1-23(2,3)25-19(28)14-26(4)20(29)15-31-22(30)17-13-16-9-5-6-10-18(16)24-21(17)27-11-7-8-12-27/h5-6,9-10,13H,7-8,11-12,14-15H2,1-4H3,(H,25,28). The van der Waals surface area contributed by atoms with Crippen LogP contribution in [-0.2, 0) is 14.3 Å². The van der Waals surface area contributed by atoms with Gasteiger partial charge in [0, 0.05) is 31.1 Å². The molecule has 0 aliphatic carbocycles. The lowest BCUT2D eigenvalue weighted by atomic mass is 10.1. The lowest BCUT2D eigenvalue weighted by Crippen LogP contribution is -2.46. The van der Waals surface area contributed by atoms with Gasteiger partial charge in [0.2, 0.25) is 5.91 Å². The van der Waals surface area contributed by atoms with Crippen LogP contribution in [0.2, 0.25) is 0 Å². The van der Waals surface area contributed by atoms with Crippen molar-refractivity contribution in [2.75, 3.05) is 38.2 Å². The number of pyridine rings is 1. The maximum atomic E-state index is 12.9. The monoisotopic (exact) mass is 426 g/mol. The van der Waals surface area contributed by atoms with Crippen LogP contribution >= 0.6 is 0 Å². The maximum absolute atomic E-state index is 12.9. The Morgan fingerprint density at radius 1 is 1.16 bits per heavy atom. The van der Waals surface area contributed by atoms with E-state index in [0.29, 0.717) is 11.4 Å². The van der Waals surface area contributed by atoms with E-state index < -0.39 is 18.5 Å². The molecule has 2 heterocycles. The highest BCUT2D eigenvalue weighted by atomic mass is 16.5. The number of nitrogens with zero attached hydrogens (tertiary/aromatic N) is 3. The number of hydrogen-bond acceptors (Lipinski definition) is 6. The van der Waals surface area contributed by atoms with Crippen molar-refractivity contribution in [2.45, 2.75) is 39.2 Å². The Labute approximate surface area is 182 Å². The number of fused-ring (bicyclic) bond motifs is 1. The van der Waals surface area contributed by atoms with Gasteiger partial charge in [-0.15, -0.1) is 0 Å². The summed E-state index contributed by atoms with van der Waals surface area (Å²) in [5, 5.41) is 3.63. The van der Waals surface area contributed by atoms with E-state index in [1.54, 1.807) is 6.07 Å². The third kappa shape index (κ3) is 5.93. The van der Waals surface area contributed by atoms with Gasteiger partial charge in [-0.3, -0.25) is 9.59 Å². The predicted octanol–water partition coefficient (Wildman–Crippen LogP) is 2.36. The number of esters is 1. The molecule has 166 valence electrons. The highest BCUT2D eigenvalue weighted by molar-refractivity contribution is 6.00. The molecule has 1 saturated heterocycles. The number of likely N-dealkylation sites (N-methyl/N-ethyl adjacent to an activating group) is 1. The number of benzene rings is 1. The fraction of sp³-hybridized carbons (Fsp3) is 0.478. The molecule has 0 bridgehead atoms. The number of rotatable bonds is 6. The molecule has 1 fully saturated rings. The molecule has 2 amide bonds. The topological polar surface area (TPSA) is 91.8 Å². The molecule has 0 spiro atoms. The minimum absolute atomic E-state index is 0.107. The number of anilines is 1. The van der Waals surface area contributed by atoms with Gasteiger partial charge in [0.05, 0.1) is 12.1 Å². The quantitative estimate of drug-likeness (QED) is 0.713. The largest absolute Gasteiger partial charge is 0.452 e. The molecule has 1 aromatic carbocycles. The molecule has 0 saturated carbocycles. The van der Waals surface area contributed by atoms with Crippen LogP contribution in [-0.4, -0.2) is 66.5 Å². The van der Waals surface area contributed by atoms with Gasteiger partial charge in [0.1, 0.15) is 11.4 Å². The number of aromatic nitrogens is 1. The van der Waals surface area contributed by atoms with Crippen LogP contribution in [0.3, 0.4) is 0 Å². The number of nitrogens with one attached hydrogen (secondary N) is 1. The molecule has 3 rings (SSSR count). The summed E-state index contributed by atoms with van der Waals surface area (Å²) < 4.78 is 5.31. The van der Waals surface area contributed by atoms with E-state index in [2.05, 4.69) is 10.2 Å². The Hall–Kier alpha value is -3.16. The van der Waals surface area contributed by atoms with E-state index in [4.69, 9.17) is 9.72 Å². The zero-order chi connectivity index (χ0) is 22.6. The summed E-state index contributed by atoms with van der Waals surface area (Å²) in [4.78, 5) is 45.3. The van der Waals surface area contributed by atoms with Crippen LogP contribution in [0.5, 0.6) is 0 Å². The van der Waals surface area contributed by atoms with Crippen LogP contribution in [0.1, 0.15) is 44.0 Å². The van der Waals surface area contributed by atoms with Crippen LogP contribution < -0.4 is 10.2 Å². The van der Waals surface area contributed by atoms with Crippen LogP contribution in [0.4, 0.5) is 5.82 Å². The van der Waals surface area contributed by atoms with E-state index in [1.807, 2.05) is 45.0 Å². The number of carbonyl (C=O) groups excluding carboxylic acids is 3. The third-order valence-electron chi connectivity index (χ3n) is 4.98. The zero-order valence-corrected chi connectivity index (χ0v) is 18.6. The van der Waals surface area contributed by atoms with E-state index >= 15 is 0 Å². The number of carbonyl (C=O) groups is 3. The Balaban J connectivity index is 1.69. The fourth-order valence-corrected chi connectivity index (χ4v) is 3.50. The molecule has 8 heteroatoms. The number of amides is 2. The minimum atomic E-state index is -0.596. The molecule has 2 aromatic rings. The summed E-state index contributed by atoms with van der Waals surface area (Å²) in [6.07, 6.45) is 2.09. The van der Waals surface area contributed by atoms with Crippen molar-refractivity contribution in [3.05, 3.63) is 35.9 Å². The third-order valence-corrected chi connectivity index (χ3v) is 4.98. The van der Waals surface area contributed by atoms with Crippen molar-refractivity contribution in [3.8, 4) is 0 Å². The second kappa shape index (κ2) is 9.32. The second-order valence-electron chi connectivity index (χ2n) is 8.87. The molecule has 0 unspecified atom stereocenters. The van der Waals surface area contributed by atoms with Crippen LogP contribution in [0.15, 0.2) is 30.3 Å². The van der Waals surface area contributed by atoms with Crippen molar-refractivity contribution < 1.29 is 19.1 Å². The van der Waals surface area contributed by atoms with Gasteiger partial charge in [-0.2, -0.15) is 0 Å². The van der Waals surface area contributed by atoms with Gasteiger partial charge < -0.3 is 19.9 Å². The Bertz CT molecular complexity index is 977. The summed E-state index contributed by atoms with van der Waals surface area (Å²) in [5.41, 5.74) is 0.769. The summed E-state index contributed by atoms with van der Waals surface area (Å²) >= 11 is 0. The van der Waals surface area contributed by atoms with Crippen molar-refractivity contribution in [3.63, 3.8) is 0 Å². The number of para-hydroxylation sites is 1. The fourth-order valence-electron chi connectivity index (χ4n) is 3.50. The molecule has 1 N–H and O–H groups in total. The van der Waals surface area contributed by atoms with Crippen molar-refractivity contribution in [2.24, 2.45) is 0 Å².